The lowest BCUT2D eigenvalue weighted by Gasteiger charge is -2.32. The number of amides is 1. The van der Waals surface area contributed by atoms with Gasteiger partial charge in [0.15, 0.2) is 17.6 Å². The summed E-state index contributed by atoms with van der Waals surface area (Å²) < 4.78 is 50.2. The number of hydrogen-bond acceptors (Lipinski definition) is 5. The van der Waals surface area contributed by atoms with Gasteiger partial charge in [-0.15, -0.1) is 0 Å². The minimum atomic E-state index is -4.43. The lowest BCUT2D eigenvalue weighted by Crippen LogP contribution is -2.42. The standard InChI is InChI=1S/C24H23F3N2O4/c25-24(26,27)18-6-1-3-15(9-18)12-29(23(30)16-4-2-5-16)13-19-11-20(28-33-19)17-7-8-21-22(10-17)32-14-31-21/h1,3,6-10,16,19H,2,4-5,11-14H2. The van der Waals surface area contributed by atoms with Crippen molar-refractivity contribution in [3.8, 4) is 11.5 Å². The lowest BCUT2D eigenvalue weighted by molar-refractivity contribution is -0.140. The first-order valence-corrected chi connectivity index (χ1v) is 10.9. The normalized spacial score (nSPS) is 19.6. The van der Waals surface area contributed by atoms with Crippen LogP contribution in [-0.2, 0) is 22.4 Å². The molecule has 1 saturated carbocycles. The van der Waals surface area contributed by atoms with Crippen LogP contribution in [0, 0.1) is 5.92 Å². The molecule has 0 radical (unpaired) electrons. The van der Waals surface area contributed by atoms with Gasteiger partial charge in [-0.1, -0.05) is 23.7 Å². The molecule has 1 atom stereocenters. The summed E-state index contributed by atoms with van der Waals surface area (Å²) in [6.45, 7) is 0.528. The number of nitrogens with zero attached hydrogens (tertiary/aromatic N) is 2. The fourth-order valence-electron chi connectivity index (χ4n) is 4.23. The van der Waals surface area contributed by atoms with E-state index in [1.807, 2.05) is 18.2 Å². The van der Waals surface area contributed by atoms with E-state index in [1.54, 1.807) is 11.0 Å². The zero-order valence-corrected chi connectivity index (χ0v) is 17.8. The lowest BCUT2D eigenvalue weighted by atomic mass is 9.84. The first-order valence-electron chi connectivity index (χ1n) is 10.9. The number of oxime groups is 1. The van der Waals surface area contributed by atoms with E-state index in [4.69, 9.17) is 14.3 Å². The van der Waals surface area contributed by atoms with Crippen molar-refractivity contribution in [1.82, 2.24) is 4.90 Å². The van der Waals surface area contributed by atoms with Crippen molar-refractivity contribution in [3.63, 3.8) is 0 Å². The van der Waals surface area contributed by atoms with Gasteiger partial charge in [0.2, 0.25) is 12.7 Å². The van der Waals surface area contributed by atoms with Crippen LogP contribution in [0.3, 0.4) is 0 Å². The highest BCUT2D eigenvalue weighted by Gasteiger charge is 2.34. The second-order valence-electron chi connectivity index (χ2n) is 8.58. The zero-order valence-electron chi connectivity index (χ0n) is 17.8. The van der Waals surface area contributed by atoms with Crippen LogP contribution < -0.4 is 9.47 Å². The van der Waals surface area contributed by atoms with Crippen LogP contribution in [0.1, 0.15) is 42.4 Å². The Morgan fingerprint density at radius 2 is 1.91 bits per heavy atom. The van der Waals surface area contributed by atoms with Crippen molar-refractivity contribution >= 4 is 11.6 Å². The minimum Gasteiger partial charge on any atom is -0.454 e. The number of alkyl halides is 3. The van der Waals surface area contributed by atoms with Gasteiger partial charge in [-0.3, -0.25) is 4.79 Å². The fourth-order valence-corrected chi connectivity index (χ4v) is 4.23. The fraction of sp³-hybridized carbons (Fsp3) is 0.417. The quantitative estimate of drug-likeness (QED) is 0.624. The summed E-state index contributed by atoms with van der Waals surface area (Å²) in [6.07, 6.45) is -1.71. The third-order valence-corrected chi connectivity index (χ3v) is 6.26. The van der Waals surface area contributed by atoms with E-state index < -0.39 is 11.7 Å². The number of fused-ring (bicyclic) bond motifs is 1. The van der Waals surface area contributed by atoms with Gasteiger partial charge >= 0.3 is 6.18 Å². The van der Waals surface area contributed by atoms with E-state index in [9.17, 15) is 18.0 Å². The molecule has 3 aliphatic rings. The molecule has 2 heterocycles. The maximum absolute atomic E-state index is 13.1. The van der Waals surface area contributed by atoms with Crippen molar-refractivity contribution in [2.24, 2.45) is 11.1 Å². The molecule has 33 heavy (non-hydrogen) atoms. The summed E-state index contributed by atoms with van der Waals surface area (Å²) in [7, 11) is 0. The molecule has 2 aromatic rings. The molecule has 6 nitrogen and oxygen atoms in total. The Morgan fingerprint density at radius 3 is 2.67 bits per heavy atom. The van der Waals surface area contributed by atoms with Crippen molar-refractivity contribution in [2.75, 3.05) is 13.3 Å². The molecule has 0 aromatic heterocycles. The summed E-state index contributed by atoms with van der Waals surface area (Å²) in [5.41, 5.74) is 1.29. The molecule has 0 saturated heterocycles. The van der Waals surface area contributed by atoms with Crippen molar-refractivity contribution in [3.05, 3.63) is 59.2 Å². The molecule has 174 valence electrons. The SMILES string of the molecule is O=C(C1CCC1)N(Cc1cccc(C(F)(F)F)c1)CC1CC(c2ccc3c(c2)OCO3)=NO1. The zero-order chi connectivity index (χ0) is 23.0. The summed E-state index contributed by atoms with van der Waals surface area (Å²) in [5.74, 6) is 1.20. The Labute approximate surface area is 188 Å². The van der Waals surface area contributed by atoms with E-state index in [0.29, 0.717) is 23.5 Å². The molecule has 1 unspecified atom stereocenters. The van der Waals surface area contributed by atoms with Crippen LogP contribution in [0.25, 0.3) is 0 Å². The Hall–Kier alpha value is -3.23. The average molecular weight is 460 g/mol. The Morgan fingerprint density at radius 1 is 1.09 bits per heavy atom. The molecule has 2 aliphatic heterocycles. The Bertz CT molecular complexity index is 1080. The van der Waals surface area contributed by atoms with E-state index in [1.165, 1.54) is 6.07 Å². The van der Waals surface area contributed by atoms with E-state index in [-0.39, 0.29) is 37.8 Å². The third-order valence-electron chi connectivity index (χ3n) is 6.26. The Balaban J connectivity index is 1.29. The van der Waals surface area contributed by atoms with Gasteiger partial charge in [0.05, 0.1) is 17.8 Å². The Kier molecular flexibility index (Phi) is 5.64. The van der Waals surface area contributed by atoms with Gasteiger partial charge in [-0.25, -0.2) is 0 Å². The highest BCUT2D eigenvalue weighted by Crippen LogP contribution is 2.35. The molecule has 0 bridgehead atoms. The number of carbonyl (C=O) groups excluding carboxylic acids is 1. The molecular weight excluding hydrogens is 437 g/mol. The molecule has 2 aromatic carbocycles. The third kappa shape index (κ3) is 4.62. The van der Waals surface area contributed by atoms with Crippen LogP contribution in [0.2, 0.25) is 0 Å². The maximum Gasteiger partial charge on any atom is 0.416 e. The number of benzene rings is 2. The van der Waals surface area contributed by atoms with Gasteiger partial charge in [0, 0.05) is 24.4 Å². The number of halogens is 3. The second-order valence-corrected chi connectivity index (χ2v) is 8.58. The van der Waals surface area contributed by atoms with Crippen LogP contribution >= 0.6 is 0 Å². The molecule has 1 amide bonds. The largest absolute Gasteiger partial charge is 0.454 e. The topological polar surface area (TPSA) is 60.4 Å². The van der Waals surface area contributed by atoms with Crippen LogP contribution in [0.4, 0.5) is 13.2 Å². The van der Waals surface area contributed by atoms with Gasteiger partial charge in [-0.2, -0.15) is 13.2 Å². The maximum atomic E-state index is 13.1. The summed E-state index contributed by atoms with van der Waals surface area (Å²) >= 11 is 0. The van der Waals surface area contributed by atoms with Gasteiger partial charge in [-0.05, 0) is 48.7 Å². The number of carbonyl (C=O) groups is 1. The van der Waals surface area contributed by atoms with Crippen LogP contribution in [0.5, 0.6) is 11.5 Å². The highest BCUT2D eigenvalue weighted by atomic mass is 19.4. The minimum absolute atomic E-state index is 0.0428. The van der Waals surface area contributed by atoms with Crippen molar-refractivity contribution in [1.29, 1.82) is 0 Å². The second kappa shape index (κ2) is 8.61. The number of rotatable bonds is 6. The summed E-state index contributed by atoms with van der Waals surface area (Å²) in [6, 6.07) is 10.6. The van der Waals surface area contributed by atoms with Crippen molar-refractivity contribution < 1.29 is 32.3 Å². The molecule has 0 N–H and O–H groups in total. The first kappa shape index (κ1) is 21.6. The highest BCUT2D eigenvalue weighted by molar-refractivity contribution is 6.01. The monoisotopic (exact) mass is 460 g/mol. The van der Waals surface area contributed by atoms with Gasteiger partial charge < -0.3 is 19.2 Å². The number of ether oxygens (including phenoxy) is 2. The molecule has 5 rings (SSSR count). The predicted octanol–water partition coefficient (Wildman–Crippen LogP) is 4.76. The van der Waals surface area contributed by atoms with Gasteiger partial charge in [0.25, 0.3) is 0 Å². The first-order chi connectivity index (χ1) is 15.9. The smallest absolute Gasteiger partial charge is 0.416 e. The van der Waals surface area contributed by atoms with Crippen molar-refractivity contribution in [2.45, 2.75) is 44.5 Å². The molecule has 1 aliphatic carbocycles. The van der Waals surface area contributed by atoms with E-state index in [0.717, 1.165) is 42.7 Å². The molecule has 9 heteroatoms. The van der Waals surface area contributed by atoms with E-state index in [2.05, 4.69) is 5.16 Å². The van der Waals surface area contributed by atoms with E-state index >= 15 is 0 Å². The summed E-state index contributed by atoms with van der Waals surface area (Å²) in [5, 5.41) is 4.19. The van der Waals surface area contributed by atoms with Crippen LogP contribution in [-0.4, -0.2) is 36.0 Å². The number of hydrogen-bond donors (Lipinski definition) is 0. The molecule has 1 fully saturated rings. The molecule has 0 spiro atoms. The van der Waals surface area contributed by atoms with Crippen LogP contribution in [0.15, 0.2) is 47.6 Å². The summed E-state index contributed by atoms with van der Waals surface area (Å²) in [4.78, 5) is 20.3. The van der Waals surface area contributed by atoms with Gasteiger partial charge in [0.1, 0.15) is 0 Å². The molecular formula is C24H23F3N2O4. The predicted molar refractivity (Wildman–Crippen MR) is 113 cm³/mol. The average Bonchev–Trinajstić information content (AvgIpc) is 3.40.